The van der Waals surface area contributed by atoms with Gasteiger partial charge >= 0.3 is 0 Å². The van der Waals surface area contributed by atoms with Gasteiger partial charge in [-0.1, -0.05) is 6.07 Å². The van der Waals surface area contributed by atoms with E-state index in [2.05, 4.69) is 5.10 Å². The molecule has 17 heavy (non-hydrogen) atoms. The molecule has 1 heterocycles. The molecule has 1 aromatic heterocycles. The Morgan fingerprint density at radius 3 is 2.88 bits per heavy atom. The Labute approximate surface area is 100 Å². The van der Waals surface area contributed by atoms with E-state index in [1.807, 2.05) is 24.7 Å². The van der Waals surface area contributed by atoms with Gasteiger partial charge in [-0.15, -0.1) is 0 Å². The molecule has 0 radical (unpaired) electrons. The molecule has 1 atom stereocenters. The first-order valence-corrected chi connectivity index (χ1v) is 5.65. The maximum absolute atomic E-state index is 13.2. The molecule has 0 fully saturated rings. The highest BCUT2D eigenvalue weighted by molar-refractivity contribution is 5.35. The second kappa shape index (κ2) is 4.67. The van der Waals surface area contributed by atoms with E-state index in [-0.39, 0.29) is 11.9 Å². The van der Waals surface area contributed by atoms with Crippen molar-refractivity contribution in [1.29, 1.82) is 0 Å². The molecular formula is C13H16FN3. The van der Waals surface area contributed by atoms with Crippen LogP contribution in [0.3, 0.4) is 0 Å². The van der Waals surface area contributed by atoms with E-state index in [0.717, 1.165) is 23.2 Å². The molecular weight excluding hydrogens is 217 g/mol. The highest BCUT2D eigenvalue weighted by Gasteiger charge is 2.14. The quantitative estimate of drug-likeness (QED) is 0.884. The van der Waals surface area contributed by atoms with Crippen molar-refractivity contribution in [2.45, 2.75) is 26.4 Å². The summed E-state index contributed by atoms with van der Waals surface area (Å²) in [6, 6.07) is 4.35. The Hall–Kier alpha value is -1.68. The summed E-state index contributed by atoms with van der Waals surface area (Å²) in [6.45, 7) is 4.74. The zero-order chi connectivity index (χ0) is 12.4. The van der Waals surface area contributed by atoms with Gasteiger partial charge in [0, 0.05) is 18.3 Å². The highest BCUT2D eigenvalue weighted by Crippen LogP contribution is 2.23. The van der Waals surface area contributed by atoms with Gasteiger partial charge in [-0.2, -0.15) is 5.10 Å². The summed E-state index contributed by atoms with van der Waals surface area (Å²) < 4.78 is 15.0. The molecule has 1 aromatic carbocycles. The Kier molecular flexibility index (Phi) is 3.24. The molecule has 90 valence electrons. The van der Waals surface area contributed by atoms with Crippen LogP contribution in [0.1, 0.15) is 29.7 Å². The number of hydrogen-bond donors (Lipinski definition) is 1. The van der Waals surface area contributed by atoms with Crippen molar-refractivity contribution in [3.63, 3.8) is 0 Å². The van der Waals surface area contributed by atoms with Crippen molar-refractivity contribution in [2.24, 2.45) is 5.73 Å². The lowest BCUT2D eigenvalue weighted by Gasteiger charge is -2.13. The van der Waals surface area contributed by atoms with Crippen molar-refractivity contribution < 1.29 is 4.39 Å². The number of nitrogens with two attached hydrogens (primary N) is 1. The summed E-state index contributed by atoms with van der Waals surface area (Å²) in [5, 5.41) is 4.18. The topological polar surface area (TPSA) is 43.8 Å². The second-order valence-electron chi connectivity index (χ2n) is 4.11. The number of halogens is 1. The largest absolute Gasteiger partial charge is 0.320 e. The number of nitrogens with zero attached hydrogens (tertiary/aromatic N) is 2. The predicted octanol–water partition coefficient (Wildman–Crippen LogP) is 2.40. The first kappa shape index (κ1) is 11.8. The minimum Gasteiger partial charge on any atom is -0.320 e. The van der Waals surface area contributed by atoms with Crippen LogP contribution < -0.4 is 5.73 Å². The molecule has 2 rings (SSSR count). The monoisotopic (exact) mass is 233 g/mol. The fourth-order valence-electron chi connectivity index (χ4n) is 1.84. The van der Waals surface area contributed by atoms with Crippen molar-refractivity contribution in [1.82, 2.24) is 9.78 Å². The van der Waals surface area contributed by atoms with E-state index in [9.17, 15) is 4.39 Å². The molecule has 0 aliphatic carbocycles. The zero-order valence-corrected chi connectivity index (χ0v) is 10.0. The van der Waals surface area contributed by atoms with Gasteiger partial charge < -0.3 is 5.73 Å². The average Bonchev–Trinajstić information content (AvgIpc) is 2.80. The Balaban J connectivity index is 2.35. The Bertz CT molecular complexity index is 519. The molecule has 1 unspecified atom stereocenters. The van der Waals surface area contributed by atoms with Gasteiger partial charge in [-0.25, -0.2) is 4.39 Å². The second-order valence-corrected chi connectivity index (χ2v) is 4.11. The molecule has 0 saturated heterocycles. The van der Waals surface area contributed by atoms with Gasteiger partial charge in [0.05, 0.1) is 12.2 Å². The van der Waals surface area contributed by atoms with Crippen molar-refractivity contribution in [2.75, 3.05) is 0 Å². The molecule has 0 amide bonds. The predicted molar refractivity (Wildman–Crippen MR) is 65.1 cm³/mol. The van der Waals surface area contributed by atoms with Gasteiger partial charge in [-0.05, 0) is 37.1 Å². The van der Waals surface area contributed by atoms with E-state index in [0.29, 0.717) is 0 Å². The van der Waals surface area contributed by atoms with Crippen molar-refractivity contribution in [3.05, 3.63) is 53.1 Å². The first-order valence-electron chi connectivity index (χ1n) is 5.65. The van der Waals surface area contributed by atoms with E-state index < -0.39 is 0 Å². The number of rotatable bonds is 3. The van der Waals surface area contributed by atoms with Crippen LogP contribution in [-0.2, 0) is 6.54 Å². The van der Waals surface area contributed by atoms with Crippen LogP contribution in [0.25, 0.3) is 0 Å². The number of aryl methyl sites for hydroxylation is 2. The standard InChI is InChI=1S/C13H16FN3/c1-3-17-8-10(7-16-17)13(15)12-6-11(14)5-4-9(12)2/h4-8,13H,3,15H2,1-2H3. The van der Waals surface area contributed by atoms with Gasteiger partial charge in [0.25, 0.3) is 0 Å². The lowest BCUT2D eigenvalue weighted by molar-refractivity contribution is 0.622. The average molecular weight is 233 g/mol. The fraction of sp³-hybridized carbons (Fsp3) is 0.308. The van der Waals surface area contributed by atoms with E-state index in [1.54, 1.807) is 12.3 Å². The Morgan fingerprint density at radius 1 is 1.47 bits per heavy atom. The molecule has 0 aliphatic heterocycles. The summed E-state index contributed by atoms with van der Waals surface area (Å²) in [7, 11) is 0. The third-order valence-electron chi connectivity index (χ3n) is 2.91. The summed E-state index contributed by atoms with van der Waals surface area (Å²) in [4.78, 5) is 0. The third kappa shape index (κ3) is 2.36. The molecule has 2 N–H and O–H groups in total. The van der Waals surface area contributed by atoms with Crippen molar-refractivity contribution >= 4 is 0 Å². The van der Waals surface area contributed by atoms with E-state index in [4.69, 9.17) is 5.73 Å². The van der Waals surface area contributed by atoms with Crippen molar-refractivity contribution in [3.8, 4) is 0 Å². The minimum atomic E-state index is -0.328. The zero-order valence-electron chi connectivity index (χ0n) is 10.0. The van der Waals surface area contributed by atoms with Crippen LogP contribution in [0.2, 0.25) is 0 Å². The maximum Gasteiger partial charge on any atom is 0.123 e. The molecule has 0 bridgehead atoms. The van der Waals surface area contributed by atoms with Gasteiger partial charge in [-0.3, -0.25) is 4.68 Å². The summed E-state index contributed by atoms with van der Waals surface area (Å²) in [5.41, 5.74) is 8.83. The van der Waals surface area contributed by atoms with Crippen LogP contribution in [-0.4, -0.2) is 9.78 Å². The lowest BCUT2D eigenvalue weighted by Crippen LogP contribution is -2.13. The smallest absolute Gasteiger partial charge is 0.123 e. The minimum absolute atomic E-state index is 0.260. The van der Waals surface area contributed by atoms with Crippen LogP contribution in [0.15, 0.2) is 30.6 Å². The lowest BCUT2D eigenvalue weighted by atomic mass is 9.98. The first-order chi connectivity index (χ1) is 8.11. The van der Waals surface area contributed by atoms with Gasteiger partial charge in [0.2, 0.25) is 0 Å². The van der Waals surface area contributed by atoms with Crippen LogP contribution in [0.4, 0.5) is 4.39 Å². The highest BCUT2D eigenvalue weighted by atomic mass is 19.1. The Morgan fingerprint density at radius 2 is 2.24 bits per heavy atom. The summed E-state index contributed by atoms with van der Waals surface area (Å²) in [6.07, 6.45) is 3.63. The van der Waals surface area contributed by atoms with Crippen LogP contribution >= 0.6 is 0 Å². The SMILES string of the molecule is CCn1cc(C(N)c2cc(F)ccc2C)cn1. The molecule has 2 aromatic rings. The summed E-state index contributed by atoms with van der Waals surface area (Å²) >= 11 is 0. The van der Waals surface area contributed by atoms with Crippen LogP contribution in [0, 0.1) is 12.7 Å². The molecule has 4 heteroatoms. The van der Waals surface area contributed by atoms with E-state index in [1.165, 1.54) is 12.1 Å². The normalized spacial score (nSPS) is 12.7. The van der Waals surface area contributed by atoms with E-state index >= 15 is 0 Å². The van der Waals surface area contributed by atoms with Gasteiger partial charge in [0.1, 0.15) is 5.82 Å². The summed E-state index contributed by atoms with van der Waals surface area (Å²) in [5.74, 6) is -0.260. The molecule has 0 spiro atoms. The number of aromatic nitrogens is 2. The molecule has 0 aliphatic rings. The van der Waals surface area contributed by atoms with Crippen LogP contribution in [0.5, 0.6) is 0 Å². The van der Waals surface area contributed by atoms with Gasteiger partial charge in [0.15, 0.2) is 0 Å². The molecule has 3 nitrogen and oxygen atoms in total. The third-order valence-corrected chi connectivity index (χ3v) is 2.91. The number of benzene rings is 1. The maximum atomic E-state index is 13.2. The number of hydrogen-bond acceptors (Lipinski definition) is 2. The molecule has 0 saturated carbocycles. The fourth-order valence-corrected chi connectivity index (χ4v) is 1.84.